The van der Waals surface area contributed by atoms with E-state index in [4.69, 9.17) is 19.8 Å². The summed E-state index contributed by atoms with van der Waals surface area (Å²) in [5.41, 5.74) is 2.94. The summed E-state index contributed by atoms with van der Waals surface area (Å²) in [6, 6.07) is 5.73. The molecule has 2 N–H and O–H groups in total. The molecule has 1 fully saturated rings. The number of amides is 1. The van der Waals surface area contributed by atoms with Gasteiger partial charge in [0.15, 0.2) is 5.65 Å². The Morgan fingerprint density at radius 2 is 2.03 bits per heavy atom. The van der Waals surface area contributed by atoms with Crippen LogP contribution in [0.1, 0.15) is 31.1 Å². The lowest BCUT2D eigenvalue weighted by Gasteiger charge is -2.27. The number of hydrogen-bond donors (Lipinski definition) is 2. The van der Waals surface area contributed by atoms with Crippen molar-refractivity contribution in [1.82, 2.24) is 34.9 Å². The Morgan fingerprint density at radius 3 is 2.69 bits per heavy atom. The molecular weight excluding hydrogens is 513 g/mol. The SMILES string of the molecule is CC(C)(C)NC(=O)c1cn(COCC[Si](C)(C)C)c2ncc(-c3nn(CC4CNC4)c4cc(F)ccc34)nc12. The molecule has 0 aliphatic carbocycles. The highest BCUT2D eigenvalue weighted by molar-refractivity contribution is 6.76. The van der Waals surface area contributed by atoms with E-state index in [9.17, 15) is 9.18 Å². The van der Waals surface area contributed by atoms with E-state index in [0.717, 1.165) is 30.0 Å². The summed E-state index contributed by atoms with van der Waals surface area (Å²) in [4.78, 5) is 22.9. The summed E-state index contributed by atoms with van der Waals surface area (Å²) in [7, 11) is -1.23. The van der Waals surface area contributed by atoms with Crippen molar-refractivity contribution < 1.29 is 13.9 Å². The second-order valence-corrected chi connectivity index (χ2v) is 18.3. The van der Waals surface area contributed by atoms with Gasteiger partial charge in [0.05, 0.1) is 17.3 Å². The monoisotopic (exact) mass is 551 g/mol. The zero-order valence-electron chi connectivity index (χ0n) is 23.6. The smallest absolute Gasteiger partial charge is 0.255 e. The minimum Gasteiger partial charge on any atom is -0.361 e. The van der Waals surface area contributed by atoms with Crippen LogP contribution in [0.3, 0.4) is 0 Å². The Balaban J connectivity index is 1.55. The second kappa shape index (κ2) is 10.4. The largest absolute Gasteiger partial charge is 0.361 e. The number of carbonyl (C=O) groups excluding carboxylic acids is 1. The number of halogens is 1. The predicted octanol–water partition coefficient (Wildman–Crippen LogP) is 4.65. The molecule has 0 bridgehead atoms. The van der Waals surface area contributed by atoms with Gasteiger partial charge in [0.2, 0.25) is 0 Å². The fourth-order valence-electron chi connectivity index (χ4n) is 4.58. The minimum atomic E-state index is -1.23. The molecule has 11 heteroatoms. The summed E-state index contributed by atoms with van der Waals surface area (Å²) in [6.45, 7) is 16.2. The predicted molar refractivity (Wildman–Crippen MR) is 154 cm³/mol. The molecule has 208 valence electrons. The number of aromatic nitrogens is 5. The molecule has 4 heterocycles. The molecule has 3 aromatic heterocycles. The molecule has 0 unspecified atom stereocenters. The van der Waals surface area contributed by atoms with Crippen molar-refractivity contribution in [3.05, 3.63) is 42.0 Å². The number of rotatable bonds is 9. The molecular formula is C28H38FN7O2Si. The number of carbonyl (C=O) groups is 1. The van der Waals surface area contributed by atoms with Crippen LogP contribution >= 0.6 is 0 Å². The van der Waals surface area contributed by atoms with Gasteiger partial charge >= 0.3 is 0 Å². The van der Waals surface area contributed by atoms with Crippen LogP contribution in [0, 0.1) is 11.7 Å². The first-order valence-electron chi connectivity index (χ1n) is 13.5. The van der Waals surface area contributed by atoms with Gasteiger partial charge < -0.3 is 19.9 Å². The second-order valence-electron chi connectivity index (χ2n) is 12.7. The van der Waals surface area contributed by atoms with E-state index in [0.29, 0.717) is 47.2 Å². The number of nitrogens with zero attached hydrogens (tertiary/aromatic N) is 5. The van der Waals surface area contributed by atoms with Crippen molar-refractivity contribution in [2.75, 3.05) is 19.7 Å². The number of fused-ring (bicyclic) bond motifs is 2. The summed E-state index contributed by atoms with van der Waals surface area (Å²) < 4.78 is 23.9. The molecule has 0 atom stereocenters. The van der Waals surface area contributed by atoms with Crippen molar-refractivity contribution >= 4 is 36.0 Å². The standard InChI is InChI=1S/C28H38FN7O2Si/c1-28(2,3)33-27(37)21-16-35(17-38-9-10-39(4,5)6)26-25(21)32-22(14-31-26)24-20-8-7-19(29)11-23(20)36(34-24)15-18-12-30-13-18/h7-8,11,14,16,18,30H,9-10,12-13,15,17H2,1-6H3,(H,33,37). The summed E-state index contributed by atoms with van der Waals surface area (Å²) in [6.07, 6.45) is 3.44. The maximum absolute atomic E-state index is 14.2. The molecule has 1 aromatic carbocycles. The Morgan fingerprint density at radius 1 is 1.26 bits per heavy atom. The third kappa shape index (κ3) is 6.20. The molecule has 1 aliphatic rings. The van der Waals surface area contributed by atoms with Crippen molar-refractivity contribution in [1.29, 1.82) is 0 Å². The highest BCUT2D eigenvalue weighted by atomic mass is 28.3. The molecule has 39 heavy (non-hydrogen) atoms. The van der Waals surface area contributed by atoms with Gasteiger partial charge in [-0.1, -0.05) is 19.6 Å². The van der Waals surface area contributed by atoms with E-state index < -0.39 is 13.6 Å². The fraction of sp³-hybridized carbons (Fsp3) is 0.500. The van der Waals surface area contributed by atoms with Gasteiger partial charge in [0, 0.05) is 57.4 Å². The van der Waals surface area contributed by atoms with E-state index >= 15 is 0 Å². The van der Waals surface area contributed by atoms with Crippen LogP contribution < -0.4 is 10.6 Å². The Hall–Kier alpha value is -3.15. The van der Waals surface area contributed by atoms with E-state index in [-0.39, 0.29) is 18.5 Å². The first kappa shape index (κ1) is 27.4. The first-order valence-corrected chi connectivity index (χ1v) is 17.2. The molecule has 1 aliphatic heterocycles. The first-order chi connectivity index (χ1) is 18.4. The van der Waals surface area contributed by atoms with Crippen molar-refractivity contribution in [2.45, 2.75) is 65.3 Å². The number of nitrogens with one attached hydrogen (secondary N) is 2. The van der Waals surface area contributed by atoms with Crippen LogP contribution in [0.15, 0.2) is 30.6 Å². The maximum atomic E-state index is 14.2. The van der Waals surface area contributed by atoms with Gasteiger partial charge in [-0.2, -0.15) is 5.10 Å². The van der Waals surface area contributed by atoms with Gasteiger partial charge in [0.1, 0.15) is 29.5 Å². The normalized spacial score (nSPS) is 14.7. The third-order valence-corrected chi connectivity index (χ3v) is 8.48. The van der Waals surface area contributed by atoms with Gasteiger partial charge in [-0.15, -0.1) is 0 Å². The molecule has 5 rings (SSSR count). The van der Waals surface area contributed by atoms with Gasteiger partial charge in [0.25, 0.3) is 5.91 Å². The van der Waals surface area contributed by atoms with Gasteiger partial charge in [-0.3, -0.25) is 9.48 Å². The van der Waals surface area contributed by atoms with E-state index in [1.54, 1.807) is 18.5 Å². The Kier molecular flexibility index (Phi) is 7.34. The molecule has 0 radical (unpaired) electrons. The van der Waals surface area contributed by atoms with Gasteiger partial charge in [-0.05, 0) is 45.0 Å². The maximum Gasteiger partial charge on any atom is 0.255 e. The van der Waals surface area contributed by atoms with Crippen molar-refractivity contribution in [3.8, 4) is 11.4 Å². The Labute approximate surface area is 229 Å². The average molecular weight is 552 g/mol. The Bertz CT molecular complexity index is 1510. The number of benzene rings is 1. The zero-order chi connectivity index (χ0) is 27.9. The summed E-state index contributed by atoms with van der Waals surface area (Å²) >= 11 is 0. The minimum absolute atomic E-state index is 0.227. The van der Waals surface area contributed by atoms with E-state index in [1.807, 2.05) is 30.0 Å². The van der Waals surface area contributed by atoms with Crippen LogP contribution in [0.5, 0.6) is 0 Å². The van der Waals surface area contributed by atoms with Gasteiger partial charge in [-0.25, -0.2) is 14.4 Å². The van der Waals surface area contributed by atoms with Crippen molar-refractivity contribution in [2.24, 2.45) is 5.92 Å². The average Bonchev–Trinajstić information content (AvgIpc) is 3.35. The van der Waals surface area contributed by atoms with E-state index in [1.165, 1.54) is 12.1 Å². The molecule has 1 saturated heterocycles. The van der Waals surface area contributed by atoms with Crippen LogP contribution in [0.25, 0.3) is 33.5 Å². The summed E-state index contributed by atoms with van der Waals surface area (Å²) in [5, 5.41) is 12.0. The molecule has 0 saturated carbocycles. The number of ether oxygens (including phenoxy) is 1. The van der Waals surface area contributed by atoms with Crippen LogP contribution in [0.4, 0.5) is 4.39 Å². The molecule has 4 aromatic rings. The lowest BCUT2D eigenvalue weighted by molar-refractivity contribution is 0.0886. The van der Waals surface area contributed by atoms with Crippen LogP contribution in [-0.2, 0) is 18.0 Å². The van der Waals surface area contributed by atoms with Crippen molar-refractivity contribution in [3.63, 3.8) is 0 Å². The highest BCUT2D eigenvalue weighted by Gasteiger charge is 2.25. The topological polar surface area (TPSA) is 98.9 Å². The number of hydrogen-bond acceptors (Lipinski definition) is 6. The lowest BCUT2D eigenvalue weighted by Crippen LogP contribution is -2.44. The zero-order valence-corrected chi connectivity index (χ0v) is 24.6. The lowest BCUT2D eigenvalue weighted by atomic mass is 10.0. The van der Waals surface area contributed by atoms with Crippen LogP contribution in [-0.4, -0.2) is 63.5 Å². The quantitative estimate of drug-likeness (QED) is 0.232. The fourth-order valence-corrected chi connectivity index (χ4v) is 5.33. The molecule has 9 nitrogen and oxygen atoms in total. The van der Waals surface area contributed by atoms with E-state index in [2.05, 4.69) is 30.3 Å². The molecule has 0 spiro atoms. The highest BCUT2D eigenvalue weighted by Crippen LogP contribution is 2.30. The third-order valence-electron chi connectivity index (χ3n) is 6.78. The van der Waals surface area contributed by atoms with Crippen LogP contribution in [0.2, 0.25) is 25.7 Å². The summed E-state index contributed by atoms with van der Waals surface area (Å²) in [5.74, 6) is -0.0917. The molecule has 1 amide bonds.